The highest BCUT2D eigenvalue weighted by Gasteiger charge is 2.14. The zero-order valence-corrected chi connectivity index (χ0v) is 11.6. The van der Waals surface area contributed by atoms with Gasteiger partial charge in [-0.15, -0.1) is 11.8 Å². The summed E-state index contributed by atoms with van der Waals surface area (Å²) < 4.78 is 0. The number of carbonyl (C=O) groups excluding carboxylic acids is 1. The molecule has 1 aromatic rings. The van der Waals surface area contributed by atoms with Gasteiger partial charge >= 0.3 is 0 Å². The summed E-state index contributed by atoms with van der Waals surface area (Å²) in [5.41, 5.74) is 0.782. The fourth-order valence-electron chi connectivity index (χ4n) is 2.29. The van der Waals surface area contributed by atoms with E-state index in [-0.39, 0.29) is 5.91 Å². The first kappa shape index (κ1) is 13.4. The molecule has 0 saturated carbocycles. The van der Waals surface area contributed by atoms with E-state index in [1.807, 2.05) is 30.5 Å². The van der Waals surface area contributed by atoms with Gasteiger partial charge in [0.25, 0.3) is 5.91 Å². The molecule has 0 aromatic heterocycles. The molecule has 98 valence electrons. The molecule has 0 bridgehead atoms. The van der Waals surface area contributed by atoms with Crippen LogP contribution in [0.15, 0.2) is 29.2 Å². The summed E-state index contributed by atoms with van der Waals surface area (Å²) in [6, 6.07) is 8.33. The molecule has 1 atom stereocenters. The van der Waals surface area contributed by atoms with Crippen molar-refractivity contribution in [1.82, 2.24) is 10.6 Å². The van der Waals surface area contributed by atoms with Gasteiger partial charge in [-0.05, 0) is 44.2 Å². The van der Waals surface area contributed by atoms with E-state index in [1.165, 1.54) is 12.8 Å². The average molecular weight is 264 g/mol. The molecule has 1 fully saturated rings. The lowest BCUT2D eigenvalue weighted by Crippen LogP contribution is -2.30. The zero-order valence-electron chi connectivity index (χ0n) is 10.7. The van der Waals surface area contributed by atoms with E-state index in [2.05, 4.69) is 10.6 Å². The third-order valence-corrected chi connectivity index (χ3v) is 4.09. The summed E-state index contributed by atoms with van der Waals surface area (Å²) in [6.07, 6.45) is 5.51. The number of hydrogen-bond acceptors (Lipinski definition) is 3. The van der Waals surface area contributed by atoms with Crippen molar-refractivity contribution >= 4 is 17.7 Å². The van der Waals surface area contributed by atoms with Gasteiger partial charge in [0.05, 0.1) is 5.56 Å². The van der Waals surface area contributed by atoms with Crippen LogP contribution in [0, 0.1) is 0 Å². The third kappa shape index (κ3) is 3.50. The maximum atomic E-state index is 12.1. The molecular formula is C14H20N2OS. The van der Waals surface area contributed by atoms with E-state index in [4.69, 9.17) is 0 Å². The summed E-state index contributed by atoms with van der Waals surface area (Å²) in [7, 11) is 0. The molecule has 0 aliphatic carbocycles. The first-order valence-corrected chi connectivity index (χ1v) is 7.68. The van der Waals surface area contributed by atoms with Gasteiger partial charge in [-0.2, -0.15) is 0 Å². The second kappa shape index (κ2) is 6.81. The fourth-order valence-corrected chi connectivity index (χ4v) is 2.89. The minimum Gasteiger partial charge on any atom is -0.352 e. The van der Waals surface area contributed by atoms with Crippen molar-refractivity contribution in [3.63, 3.8) is 0 Å². The highest BCUT2D eigenvalue weighted by atomic mass is 32.2. The van der Waals surface area contributed by atoms with E-state index in [9.17, 15) is 4.79 Å². The lowest BCUT2D eigenvalue weighted by molar-refractivity contribution is 0.0949. The Kier molecular flexibility index (Phi) is 5.08. The largest absolute Gasteiger partial charge is 0.352 e. The molecular weight excluding hydrogens is 244 g/mol. The van der Waals surface area contributed by atoms with Gasteiger partial charge < -0.3 is 10.6 Å². The van der Waals surface area contributed by atoms with Crippen LogP contribution in [0.4, 0.5) is 0 Å². The lowest BCUT2D eigenvalue weighted by Gasteiger charge is -2.12. The molecule has 1 aromatic carbocycles. The van der Waals surface area contributed by atoms with Crippen LogP contribution >= 0.6 is 11.8 Å². The second-order valence-electron chi connectivity index (χ2n) is 4.54. The Labute approximate surface area is 113 Å². The van der Waals surface area contributed by atoms with E-state index in [0.29, 0.717) is 6.04 Å². The van der Waals surface area contributed by atoms with Crippen molar-refractivity contribution in [3.8, 4) is 0 Å². The monoisotopic (exact) mass is 264 g/mol. The van der Waals surface area contributed by atoms with Gasteiger partial charge in [-0.25, -0.2) is 0 Å². The SMILES string of the molecule is CSc1ccccc1C(=O)NCC[C@@H]1CCCN1. The highest BCUT2D eigenvalue weighted by Crippen LogP contribution is 2.19. The molecule has 2 rings (SSSR count). The van der Waals surface area contributed by atoms with Crippen LogP contribution in [0.1, 0.15) is 29.6 Å². The number of rotatable bonds is 5. The van der Waals surface area contributed by atoms with Crippen LogP contribution < -0.4 is 10.6 Å². The Morgan fingerprint density at radius 3 is 3.06 bits per heavy atom. The van der Waals surface area contributed by atoms with E-state index < -0.39 is 0 Å². The van der Waals surface area contributed by atoms with Crippen molar-refractivity contribution < 1.29 is 4.79 Å². The number of hydrogen-bond donors (Lipinski definition) is 2. The first-order chi connectivity index (χ1) is 8.81. The number of thioether (sulfide) groups is 1. The summed E-state index contributed by atoms with van der Waals surface area (Å²) in [4.78, 5) is 13.1. The molecule has 0 radical (unpaired) electrons. The van der Waals surface area contributed by atoms with Gasteiger partial charge in [0, 0.05) is 17.5 Å². The number of nitrogens with one attached hydrogen (secondary N) is 2. The predicted octanol–water partition coefficient (Wildman–Crippen LogP) is 2.28. The minimum absolute atomic E-state index is 0.0398. The van der Waals surface area contributed by atoms with Gasteiger partial charge in [0.15, 0.2) is 0 Å². The molecule has 1 heterocycles. The first-order valence-electron chi connectivity index (χ1n) is 6.46. The van der Waals surface area contributed by atoms with Crippen molar-refractivity contribution in [2.24, 2.45) is 0 Å². The smallest absolute Gasteiger partial charge is 0.252 e. The quantitative estimate of drug-likeness (QED) is 0.802. The van der Waals surface area contributed by atoms with Crippen LogP contribution in [-0.2, 0) is 0 Å². The summed E-state index contributed by atoms with van der Waals surface area (Å²) >= 11 is 1.61. The molecule has 3 nitrogen and oxygen atoms in total. The Balaban J connectivity index is 1.83. The van der Waals surface area contributed by atoms with Crippen LogP contribution in [0.3, 0.4) is 0 Å². The molecule has 1 aliphatic rings. The molecule has 4 heteroatoms. The maximum absolute atomic E-state index is 12.1. The average Bonchev–Trinajstić information content (AvgIpc) is 2.91. The van der Waals surface area contributed by atoms with Gasteiger partial charge in [0.2, 0.25) is 0 Å². The van der Waals surface area contributed by atoms with E-state index in [0.717, 1.165) is 30.0 Å². The van der Waals surface area contributed by atoms with Crippen molar-refractivity contribution in [3.05, 3.63) is 29.8 Å². The van der Waals surface area contributed by atoms with Crippen molar-refractivity contribution in [1.29, 1.82) is 0 Å². The fraction of sp³-hybridized carbons (Fsp3) is 0.500. The highest BCUT2D eigenvalue weighted by molar-refractivity contribution is 7.98. The zero-order chi connectivity index (χ0) is 12.8. The Morgan fingerprint density at radius 2 is 2.33 bits per heavy atom. The van der Waals surface area contributed by atoms with Gasteiger partial charge in [-0.3, -0.25) is 4.79 Å². The summed E-state index contributed by atoms with van der Waals surface area (Å²) in [5.74, 6) is 0.0398. The van der Waals surface area contributed by atoms with Crippen LogP contribution in [0.5, 0.6) is 0 Å². The normalized spacial score (nSPS) is 18.8. The topological polar surface area (TPSA) is 41.1 Å². The Hall–Kier alpha value is -1.00. The van der Waals surface area contributed by atoms with E-state index >= 15 is 0 Å². The van der Waals surface area contributed by atoms with Crippen LogP contribution in [0.2, 0.25) is 0 Å². The maximum Gasteiger partial charge on any atom is 0.252 e. The Bertz CT molecular complexity index is 403. The standard InChI is InChI=1S/C14H20N2OS/c1-18-13-7-3-2-6-12(13)14(17)16-10-8-11-5-4-9-15-11/h2-3,6-7,11,15H,4-5,8-10H2,1H3,(H,16,17)/t11-/m0/s1. The molecule has 1 aliphatic heterocycles. The van der Waals surface area contributed by atoms with E-state index in [1.54, 1.807) is 11.8 Å². The molecule has 0 unspecified atom stereocenters. The molecule has 1 saturated heterocycles. The number of carbonyl (C=O) groups is 1. The van der Waals surface area contributed by atoms with Crippen molar-refractivity contribution in [2.45, 2.75) is 30.2 Å². The predicted molar refractivity (Wildman–Crippen MR) is 76.2 cm³/mol. The lowest BCUT2D eigenvalue weighted by atomic mass is 10.1. The minimum atomic E-state index is 0.0398. The number of benzene rings is 1. The molecule has 2 N–H and O–H groups in total. The third-order valence-electron chi connectivity index (χ3n) is 3.29. The molecule has 0 spiro atoms. The molecule has 18 heavy (non-hydrogen) atoms. The summed E-state index contributed by atoms with van der Waals surface area (Å²) in [5, 5.41) is 6.45. The van der Waals surface area contributed by atoms with Gasteiger partial charge in [-0.1, -0.05) is 12.1 Å². The van der Waals surface area contributed by atoms with Crippen LogP contribution in [-0.4, -0.2) is 31.3 Å². The number of amides is 1. The second-order valence-corrected chi connectivity index (χ2v) is 5.39. The summed E-state index contributed by atoms with van der Waals surface area (Å²) in [6.45, 7) is 1.87. The van der Waals surface area contributed by atoms with Crippen LogP contribution in [0.25, 0.3) is 0 Å². The van der Waals surface area contributed by atoms with Crippen molar-refractivity contribution in [2.75, 3.05) is 19.3 Å². The molecule has 1 amide bonds. The Morgan fingerprint density at radius 1 is 1.50 bits per heavy atom. The van der Waals surface area contributed by atoms with Gasteiger partial charge in [0.1, 0.15) is 0 Å².